The van der Waals surface area contributed by atoms with Crippen molar-refractivity contribution < 1.29 is 28.2 Å². The van der Waals surface area contributed by atoms with E-state index in [1.165, 1.54) is 24.3 Å². The predicted molar refractivity (Wildman–Crippen MR) is 101 cm³/mol. The lowest BCUT2D eigenvalue weighted by Gasteiger charge is -2.16. The molecule has 2 aromatic rings. The van der Waals surface area contributed by atoms with Crippen LogP contribution in [0.15, 0.2) is 48.5 Å². The molecule has 0 bridgehead atoms. The third-order valence-corrected chi connectivity index (χ3v) is 4.12. The molecular formula is C20H21FO5S. The lowest BCUT2D eigenvalue weighted by molar-refractivity contribution is -0.159. The zero-order valence-electron chi connectivity index (χ0n) is 15.4. The van der Waals surface area contributed by atoms with Gasteiger partial charge in [0, 0.05) is 5.75 Å². The van der Waals surface area contributed by atoms with Gasteiger partial charge in [0.2, 0.25) is 6.79 Å². The molecule has 5 nitrogen and oxygen atoms in total. The first-order chi connectivity index (χ1) is 12.7. The summed E-state index contributed by atoms with van der Waals surface area (Å²) in [5, 5.41) is -0.476. The first kappa shape index (κ1) is 20.8. The number of carbonyl (C=O) groups is 2. The van der Waals surface area contributed by atoms with Crippen molar-refractivity contribution in [2.24, 2.45) is 5.41 Å². The number of hydrogen-bond donors (Lipinski definition) is 0. The highest BCUT2D eigenvalue weighted by Gasteiger charge is 2.22. The van der Waals surface area contributed by atoms with E-state index in [0.29, 0.717) is 17.3 Å². The molecule has 27 heavy (non-hydrogen) atoms. The van der Waals surface area contributed by atoms with Gasteiger partial charge in [-0.05, 0) is 74.5 Å². The topological polar surface area (TPSA) is 61.8 Å². The Hall–Kier alpha value is -2.54. The Morgan fingerprint density at radius 3 is 2.15 bits per heavy atom. The molecule has 0 aliphatic rings. The average Bonchev–Trinajstić information content (AvgIpc) is 2.62. The predicted octanol–water partition coefficient (Wildman–Crippen LogP) is 5.18. The minimum Gasteiger partial charge on any atom is -0.457 e. The number of thioether (sulfide) groups is 1. The minimum atomic E-state index is -0.576. The van der Waals surface area contributed by atoms with Crippen LogP contribution in [0.2, 0.25) is 0 Å². The van der Waals surface area contributed by atoms with Crippen molar-refractivity contribution in [2.45, 2.75) is 26.5 Å². The maximum absolute atomic E-state index is 12.8. The van der Waals surface area contributed by atoms with Gasteiger partial charge in [-0.2, -0.15) is 0 Å². The van der Waals surface area contributed by atoms with Crippen molar-refractivity contribution in [3.05, 3.63) is 59.9 Å². The number of halogens is 1. The number of carbonyl (C=O) groups excluding carboxylic acids is 2. The molecule has 0 amide bonds. The van der Waals surface area contributed by atoms with E-state index in [9.17, 15) is 14.0 Å². The molecule has 0 aliphatic carbocycles. The highest BCUT2D eigenvalue weighted by molar-refractivity contribution is 8.12. The first-order valence-electron chi connectivity index (χ1n) is 8.23. The smallest absolute Gasteiger partial charge is 0.373 e. The summed E-state index contributed by atoms with van der Waals surface area (Å²) < 4.78 is 28.3. The summed E-state index contributed by atoms with van der Waals surface area (Å²) in [5.74, 6) is 0.536. The summed E-state index contributed by atoms with van der Waals surface area (Å²) in [6.45, 7) is 5.14. The van der Waals surface area contributed by atoms with Crippen molar-refractivity contribution >= 4 is 23.0 Å². The molecule has 0 saturated carbocycles. The first-order valence-corrected chi connectivity index (χ1v) is 9.22. The van der Waals surface area contributed by atoms with Gasteiger partial charge in [0.05, 0.1) is 5.41 Å². The van der Waals surface area contributed by atoms with Gasteiger partial charge in [-0.15, -0.1) is 0 Å². The number of hydrogen-bond acceptors (Lipinski definition) is 6. The van der Waals surface area contributed by atoms with Gasteiger partial charge < -0.3 is 14.2 Å². The Morgan fingerprint density at radius 2 is 1.56 bits per heavy atom. The molecule has 0 aliphatic heterocycles. The zero-order chi connectivity index (χ0) is 19.9. The molecule has 2 rings (SSSR count). The Labute approximate surface area is 161 Å². The third kappa shape index (κ3) is 7.30. The molecule has 0 spiro atoms. The molecule has 2 aromatic carbocycles. The minimum absolute atomic E-state index is 0.159. The van der Waals surface area contributed by atoms with Crippen molar-refractivity contribution in [3.8, 4) is 11.5 Å². The van der Waals surface area contributed by atoms with E-state index < -0.39 is 16.5 Å². The van der Waals surface area contributed by atoms with Crippen LogP contribution in [0.1, 0.15) is 26.3 Å². The molecular weight excluding hydrogens is 371 g/mol. The highest BCUT2D eigenvalue weighted by atomic mass is 32.2. The monoisotopic (exact) mass is 392 g/mol. The zero-order valence-corrected chi connectivity index (χ0v) is 16.2. The Kier molecular flexibility index (Phi) is 7.24. The molecule has 0 aromatic heterocycles. The van der Waals surface area contributed by atoms with Gasteiger partial charge in [-0.1, -0.05) is 12.1 Å². The fraction of sp³-hybridized carbons (Fsp3) is 0.300. The largest absolute Gasteiger partial charge is 0.457 e. The molecule has 144 valence electrons. The van der Waals surface area contributed by atoms with Gasteiger partial charge in [-0.25, -0.2) is 9.18 Å². The molecule has 0 atom stereocenters. The second-order valence-corrected chi connectivity index (χ2v) is 7.59. The van der Waals surface area contributed by atoms with E-state index in [1.807, 2.05) is 0 Å². The average molecular weight is 392 g/mol. The maximum Gasteiger partial charge on any atom is 0.373 e. The molecule has 0 N–H and O–H groups in total. The van der Waals surface area contributed by atoms with Crippen LogP contribution in [0.4, 0.5) is 9.18 Å². The summed E-state index contributed by atoms with van der Waals surface area (Å²) >= 11 is 0.994. The summed E-state index contributed by atoms with van der Waals surface area (Å²) in [7, 11) is 0. The van der Waals surface area contributed by atoms with Crippen LogP contribution in [0.3, 0.4) is 0 Å². The number of ether oxygens (including phenoxy) is 3. The number of esters is 1. The molecule has 0 saturated heterocycles. The van der Waals surface area contributed by atoms with Gasteiger partial charge >= 0.3 is 11.3 Å². The van der Waals surface area contributed by atoms with Gasteiger partial charge in [0.15, 0.2) is 0 Å². The third-order valence-electron chi connectivity index (χ3n) is 3.32. The van der Waals surface area contributed by atoms with Gasteiger partial charge in [0.1, 0.15) is 17.3 Å². The Morgan fingerprint density at radius 1 is 0.963 bits per heavy atom. The maximum atomic E-state index is 12.8. The normalized spacial score (nSPS) is 11.0. The van der Waals surface area contributed by atoms with E-state index in [-0.39, 0.29) is 12.8 Å². The van der Waals surface area contributed by atoms with E-state index in [2.05, 4.69) is 0 Å². The van der Waals surface area contributed by atoms with Crippen LogP contribution < -0.4 is 9.47 Å². The quantitative estimate of drug-likeness (QED) is 0.498. The van der Waals surface area contributed by atoms with Crippen molar-refractivity contribution in [1.82, 2.24) is 0 Å². The number of benzene rings is 2. The SMILES string of the molecule is CC(C)(C)C(=O)OCOc1ccc(CSC(=O)Oc2ccc(F)cc2)cc1. The second kappa shape index (κ2) is 9.41. The van der Waals surface area contributed by atoms with E-state index in [0.717, 1.165) is 17.3 Å². The summed E-state index contributed by atoms with van der Waals surface area (Å²) in [4.78, 5) is 23.4. The molecule has 0 unspecified atom stereocenters. The fourth-order valence-corrected chi connectivity index (χ4v) is 2.45. The standard InChI is InChI=1S/C20H21FO5S/c1-20(2,3)18(22)25-13-24-16-8-4-14(5-9-16)12-27-19(23)26-17-10-6-15(21)7-11-17/h4-11H,12-13H2,1-3H3. The van der Waals surface area contributed by atoms with E-state index in [1.54, 1.807) is 45.0 Å². The lowest BCUT2D eigenvalue weighted by Crippen LogP contribution is -2.24. The second-order valence-electron chi connectivity index (χ2n) is 6.68. The van der Waals surface area contributed by atoms with Crippen LogP contribution in [-0.4, -0.2) is 18.1 Å². The van der Waals surface area contributed by atoms with Crippen molar-refractivity contribution in [1.29, 1.82) is 0 Å². The highest BCUT2D eigenvalue weighted by Crippen LogP contribution is 2.21. The van der Waals surface area contributed by atoms with Gasteiger partial charge in [-0.3, -0.25) is 4.79 Å². The van der Waals surface area contributed by atoms with Crippen molar-refractivity contribution in [2.75, 3.05) is 6.79 Å². The van der Waals surface area contributed by atoms with E-state index in [4.69, 9.17) is 14.2 Å². The van der Waals surface area contributed by atoms with Crippen LogP contribution in [0, 0.1) is 11.2 Å². The molecule has 7 heteroatoms. The summed E-state index contributed by atoms with van der Waals surface area (Å²) in [6.07, 6.45) is 0. The van der Waals surface area contributed by atoms with Crippen molar-refractivity contribution in [3.63, 3.8) is 0 Å². The van der Waals surface area contributed by atoms with E-state index >= 15 is 0 Å². The van der Waals surface area contributed by atoms with Crippen LogP contribution in [-0.2, 0) is 15.3 Å². The fourth-order valence-electron chi connectivity index (χ4n) is 1.82. The molecule has 0 fully saturated rings. The Balaban J connectivity index is 1.74. The number of rotatable bonds is 6. The Bertz CT molecular complexity index is 766. The van der Waals surface area contributed by atoms with Crippen LogP contribution >= 0.6 is 11.8 Å². The van der Waals surface area contributed by atoms with Gasteiger partial charge in [0.25, 0.3) is 0 Å². The summed E-state index contributed by atoms with van der Waals surface area (Å²) in [6, 6.07) is 12.3. The molecule has 0 radical (unpaired) electrons. The molecule has 0 heterocycles. The lowest BCUT2D eigenvalue weighted by atomic mass is 9.98. The van der Waals surface area contributed by atoms with Crippen LogP contribution in [0.25, 0.3) is 0 Å². The summed E-state index contributed by atoms with van der Waals surface area (Å²) in [5.41, 5.74) is 0.322. The van der Waals surface area contributed by atoms with Crippen LogP contribution in [0.5, 0.6) is 11.5 Å².